The van der Waals surface area contributed by atoms with E-state index in [0.717, 1.165) is 13.3 Å². The molecule has 0 nitrogen and oxygen atoms in total. The Hall–Kier alpha value is -0.980. The van der Waals surface area contributed by atoms with Crippen LogP contribution in [0.3, 0.4) is 0 Å². The predicted molar refractivity (Wildman–Crippen MR) is 92.0 cm³/mol. The normalized spacial score (nSPS) is 16.3. The molecule has 22 heavy (non-hydrogen) atoms. The molecule has 0 bridgehead atoms. The molecule has 0 fully saturated rings. The molecule has 2 aromatic carbocycles. The minimum atomic E-state index is -5.60. The molecule has 0 atom stereocenters. The van der Waals surface area contributed by atoms with E-state index in [0.29, 0.717) is 0 Å². The van der Waals surface area contributed by atoms with Gasteiger partial charge in [-0.05, 0) is 0 Å². The molecule has 0 saturated heterocycles. The molecule has 0 aromatic heterocycles. The SMILES string of the molecule is CP(C)(F)(F)CCP(F)(F)(c1ccccc1)c1ccccc1. The van der Waals surface area contributed by atoms with Gasteiger partial charge in [-0.1, -0.05) is 0 Å². The van der Waals surface area contributed by atoms with E-state index in [4.69, 9.17) is 0 Å². The predicted octanol–water partition coefficient (Wildman–Crippen LogP) is 5.54. The van der Waals surface area contributed by atoms with Gasteiger partial charge < -0.3 is 0 Å². The van der Waals surface area contributed by atoms with Gasteiger partial charge in [-0.2, -0.15) is 0 Å². The quantitative estimate of drug-likeness (QED) is 0.490. The molecule has 6 heteroatoms. The fourth-order valence-electron chi connectivity index (χ4n) is 2.30. The van der Waals surface area contributed by atoms with Crippen molar-refractivity contribution < 1.29 is 16.8 Å². The summed E-state index contributed by atoms with van der Waals surface area (Å²) in [5.74, 6) is 0. The van der Waals surface area contributed by atoms with Crippen LogP contribution >= 0.6 is 14.4 Å². The molecule has 2 aromatic rings. The standard InChI is InChI=1S/C16H20F4P2/c1-21(2,17,18)13-14-22(19,20,15-9-5-3-6-10-15)16-11-7-4-8-12-16/h3-12H,13-14H2,1-2H3. The van der Waals surface area contributed by atoms with Crippen molar-refractivity contribution in [2.75, 3.05) is 25.7 Å². The molecule has 0 aliphatic carbocycles. The molecule has 122 valence electrons. The zero-order chi connectivity index (χ0) is 16.5. The fourth-order valence-corrected chi connectivity index (χ4v) is 8.24. The maximum absolute atomic E-state index is 15.8. The second kappa shape index (κ2) is 5.28. The summed E-state index contributed by atoms with van der Waals surface area (Å²) in [6, 6.07) is 14.8. The fraction of sp³-hybridized carbons (Fsp3) is 0.250. The molecule has 0 spiro atoms. The van der Waals surface area contributed by atoms with Crippen LogP contribution in [0.4, 0.5) is 16.8 Å². The molecule has 2 rings (SSSR count). The summed E-state index contributed by atoms with van der Waals surface area (Å²) in [6.45, 7) is 1.66. The van der Waals surface area contributed by atoms with Crippen molar-refractivity contribution in [3.63, 3.8) is 0 Å². The molecule has 0 heterocycles. The number of hydrogen-bond donors (Lipinski definition) is 0. The second-order valence-corrected chi connectivity index (χ2v) is 14.4. The monoisotopic (exact) mass is 350 g/mol. The summed E-state index contributed by atoms with van der Waals surface area (Å²) in [4.78, 5) is 0. The second-order valence-electron chi connectivity index (χ2n) is 6.25. The van der Waals surface area contributed by atoms with Gasteiger partial charge in [0, 0.05) is 0 Å². The Bertz CT molecular complexity index is 595. The average Bonchev–Trinajstić information content (AvgIpc) is 2.46. The van der Waals surface area contributed by atoms with Crippen molar-refractivity contribution in [3.05, 3.63) is 60.7 Å². The zero-order valence-corrected chi connectivity index (χ0v) is 14.4. The van der Waals surface area contributed by atoms with Gasteiger partial charge in [0.15, 0.2) is 0 Å². The van der Waals surface area contributed by atoms with E-state index < -0.39 is 26.8 Å². The van der Waals surface area contributed by atoms with Crippen LogP contribution in [0.5, 0.6) is 0 Å². The van der Waals surface area contributed by atoms with Gasteiger partial charge in [-0.15, -0.1) is 0 Å². The third-order valence-corrected chi connectivity index (χ3v) is 9.08. The van der Waals surface area contributed by atoms with Crippen LogP contribution in [0.15, 0.2) is 60.7 Å². The van der Waals surface area contributed by atoms with Crippen molar-refractivity contribution in [3.8, 4) is 0 Å². The molecular weight excluding hydrogens is 330 g/mol. The summed E-state index contributed by atoms with van der Waals surface area (Å²) >= 11 is 0. The average molecular weight is 350 g/mol. The van der Waals surface area contributed by atoms with E-state index in [-0.39, 0.29) is 10.6 Å². The minimum absolute atomic E-state index is 0.125. The zero-order valence-electron chi connectivity index (χ0n) is 12.6. The summed E-state index contributed by atoms with van der Waals surface area (Å²) in [7, 11) is -10.6. The van der Waals surface area contributed by atoms with E-state index >= 15 is 8.39 Å². The van der Waals surface area contributed by atoms with E-state index in [9.17, 15) is 8.39 Å². The molecule has 0 aliphatic heterocycles. The van der Waals surface area contributed by atoms with E-state index in [2.05, 4.69) is 0 Å². The van der Waals surface area contributed by atoms with Gasteiger partial charge in [0.2, 0.25) is 0 Å². The molecule has 0 N–H and O–H groups in total. The Morgan fingerprint density at radius 2 is 1.00 bits per heavy atom. The Labute approximate surface area is 128 Å². The maximum atomic E-state index is 15.8. The van der Waals surface area contributed by atoms with Crippen molar-refractivity contribution in [1.82, 2.24) is 0 Å². The van der Waals surface area contributed by atoms with E-state index in [1.54, 1.807) is 12.1 Å². The molecule has 0 saturated carbocycles. The van der Waals surface area contributed by atoms with Crippen LogP contribution in [-0.4, -0.2) is 25.7 Å². The Morgan fingerprint density at radius 3 is 1.32 bits per heavy atom. The first-order chi connectivity index (χ1) is 9.97. The van der Waals surface area contributed by atoms with Crippen LogP contribution in [0.1, 0.15) is 0 Å². The number of benzene rings is 2. The van der Waals surface area contributed by atoms with Crippen LogP contribution < -0.4 is 10.6 Å². The van der Waals surface area contributed by atoms with Crippen LogP contribution in [0.25, 0.3) is 0 Å². The van der Waals surface area contributed by atoms with Gasteiger partial charge in [0.1, 0.15) is 0 Å². The van der Waals surface area contributed by atoms with Crippen molar-refractivity contribution in [2.45, 2.75) is 0 Å². The Morgan fingerprint density at radius 1 is 0.636 bits per heavy atom. The number of rotatable bonds is 5. The van der Waals surface area contributed by atoms with Gasteiger partial charge in [0.25, 0.3) is 0 Å². The summed E-state index contributed by atoms with van der Waals surface area (Å²) in [5, 5.41) is -0.250. The van der Waals surface area contributed by atoms with E-state index in [1.165, 1.54) is 48.5 Å². The van der Waals surface area contributed by atoms with Crippen LogP contribution in [-0.2, 0) is 0 Å². The Kier molecular flexibility index (Phi) is 4.17. The Balaban J connectivity index is 2.55. The number of hydrogen-bond acceptors (Lipinski definition) is 0. The first-order valence-electron chi connectivity index (χ1n) is 6.97. The van der Waals surface area contributed by atoms with Crippen LogP contribution in [0, 0.1) is 0 Å². The van der Waals surface area contributed by atoms with Gasteiger partial charge >= 0.3 is 128 Å². The third-order valence-electron chi connectivity index (χ3n) is 3.63. The van der Waals surface area contributed by atoms with Gasteiger partial charge in [-0.25, -0.2) is 0 Å². The summed E-state index contributed by atoms with van der Waals surface area (Å²) in [6.07, 6.45) is -1.52. The summed E-state index contributed by atoms with van der Waals surface area (Å²) < 4.78 is 59.5. The van der Waals surface area contributed by atoms with Crippen LogP contribution in [0.2, 0.25) is 0 Å². The molecule has 0 aliphatic rings. The number of halogens is 4. The van der Waals surface area contributed by atoms with Crippen molar-refractivity contribution >= 4 is 25.1 Å². The summed E-state index contributed by atoms with van der Waals surface area (Å²) in [5.41, 5.74) is 0. The third kappa shape index (κ3) is 3.86. The van der Waals surface area contributed by atoms with E-state index in [1.807, 2.05) is 0 Å². The molecular formula is C16H20F4P2. The molecule has 0 unspecified atom stereocenters. The topological polar surface area (TPSA) is 0 Å². The first kappa shape index (κ1) is 17.4. The molecule has 0 amide bonds. The van der Waals surface area contributed by atoms with Gasteiger partial charge in [-0.3, -0.25) is 0 Å². The van der Waals surface area contributed by atoms with Crippen molar-refractivity contribution in [2.24, 2.45) is 0 Å². The van der Waals surface area contributed by atoms with Crippen molar-refractivity contribution in [1.29, 1.82) is 0 Å². The first-order valence-corrected chi connectivity index (χ1v) is 12.3. The van der Waals surface area contributed by atoms with Gasteiger partial charge in [0.05, 0.1) is 0 Å². The molecule has 0 radical (unpaired) electrons.